The fraction of sp³-hybridized carbons (Fsp3) is 0.794. The Hall–Kier alpha value is -4.93. The Morgan fingerprint density at radius 1 is 0.411 bits per heavy atom. The zero-order valence-corrected chi connectivity index (χ0v) is 110. The monoisotopic (exact) mass is 2070 g/mol. The maximum atomic E-state index is 10.3. The second kappa shape index (κ2) is 119. The quantitative estimate of drug-likeness (QED) is 0.0229. The molecule has 10 heteroatoms. The number of unbranched alkanes of at least 4 members (excludes halogenated alkanes) is 2. The van der Waals surface area contributed by atoms with E-state index in [1.165, 1.54) is 147 Å². The van der Waals surface area contributed by atoms with Crippen molar-refractivity contribution in [3.63, 3.8) is 0 Å². The van der Waals surface area contributed by atoms with E-state index in [1.54, 1.807) is 34.6 Å². The van der Waals surface area contributed by atoms with E-state index in [9.17, 15) is 19.2 Å². The molecule has 2 atom stereocenters. The number of aryl methyl sites for hydroxylation is 1. The maximum Gasteiger partial charge on any atom is 0.130 e. The molecule has 146 heavy (non-hydrogen) atoms. The number of nitrogens with one attached hydrogen (secondary N) is 1. The number of amidine groups is 1. The molecule has 0 spiro atoms. The van der Waals surface area contributed by atoms with Crippen molar-refractivity contribution in [1.29, 1.82) is 0 Å². The number of benzene rings is 3. The van der Waals surface area contributed by atoms with Gasteiger partial charge in [0.25, 0.3) is 0 Å². The third-order valence-corrected chi connectivity index (χ3v) is 23.7. The van der Waals surface area contributed by atoms with Gasteiger partial charge in [0.2, 0.25) is 0 Å². The number of aliphatic imine (C=N–C) groups is 2. The Labute approximate surface area is 924 Å². The molecule has 0 amide bonds. The number of nitrogens with two attached hydrogens (primary N) is 1. The first-order chi connectivity index (χ1) is 67.4. The number of rotatable bonds is 38. The number of aromatic amines is 1. The summed E-state index contributed by atoms with van der Waals surface area (Å²) in [5.74, 6) is 21.4. The van der Waals surface area contributed by atoms with Crippen LogP contribution in [-0.2, 0) is 38.4 Å². The number of para-hydroxylation sites is 1. The van der Waals surface area contributed by atoms with Crippen LogP contribution in [0.25, 0.3) is 10.9 Å². The van der Waals surface area contributed by atoms with Gasteiger partial charge < -0.3 is 35.0 Å². The van der Waals surface area contributed by atoms with Gasteiger partial charge in [0, 0.05) is 67.7 Å². The number of ketones is 4. The first kappa shape index (κ1) is 169. The van der Waals surface area contributed by atoms with E-state index in [0.717, 1.165) is 177 Å². The highest BCUT2D eigenvalue weighted by Gasteiger charge is 2.18. The van der Waals surface area contributed by atoms with Gasteiger partial charge >= 0.3 is 0 Å². The molecule has 0 bridgehead atoms. The standard InChI is InChI=1S/C12H15N.C11H16.C10H14.C8H18N2.C8H13N.C8H16.C8H18.2C7H14O.2C7H16.2C6H12O.C6H14S.C6H14.C5H12O.2C5H12.C4H10/c1-9(2)7-10-8-13-12-6-4-3-5-11(10)12;1-9(2)8-11-6-4-10(3)5-7-11;1-9(2)8-10-6-4-3-5-7-10;1-7(2)5-4-6-10-8(3)9;1-7(2)6-8-4-3-5-9-8;1-7(2)8-5-3-4-6-8;1-4-5-6-7-8(2)3;2*1-6(2)4-5-7(3)8;1-6(2)5-7(3)4;1-5-7(4)6(2)3;2*1-5(2)4-6(3)7;1-6(2)4-5-7-3;1-5(2)6(3)4;1-4(2)5(3)6;2*1-4-5(2)3;1-4(2)3/h3-6,8-9,13H,7H2,1-2H3;4-7,9H,8H2,1-3H3;3-7,9H,8H2,1-2H3;7H,4-6H2,1-3H3,(H2,9,10);4-5,7H,3,6H2,1-2H3;7-8H,3-6H2,1-2H3;8H,4-7H2,1-3H3;2*6H,4-5H2,1-3H3;2*6-7H,5H2,1-4H3;2*5H,4H2,1-3H3;6H,4-5H2,1-3H3;5-6H,1-4H3;4-6H,1-3H3;2*5H,4H2,1-3H3;4H,1-3H3. The molecule has 4 N–H and O–H groups in total. The van der Waals surface area contributed by atoms with E-state index in [2.05, 4.69) is 410 Å². The number of aliphatic hydroxyl groups excluding tert-OH is 1. The van der Waals surface area contributed by atoms with Crippen molar-refractivity contribution in [2.45, 2.75) is 554 Å². The third kappa shape index (κ3) is 175. The van der Waals surface area contributed by atoms with Gasteiger partial charge in [-0.3, -0.25) is 9.98 Å². The number of carbonyl (C=O) groups excluding carboxylic acids is 4. The number of aromatic nitrogens is 1. The van der Waals surface area contributed by atoms with Crippen LogP contribution in [-0.4, -0.2) is 69.9 Å². The molecule has 0 saturated heterocycles. The number of aliphatic hydroxyl groups is 1. The molecule has 4 aromatic rings. The molecular formula is C136H268N4O5S. The Bertz CT molecular complexity index is 3270. The summed E-state index contributed by atoms with van der Waals surface area (Å²) in [7, 11) is 0. The van der Waals surface area contributed by atoms with E-state index in [0.29, 0.717) is 47.0 Å². The lowest BCUT2D eigenvalue weighted by molar-refractivity contribution is -0.118. The molecule has 868 valence electrons. The normalized spacial score (nSPS) is 12.0. The molecule has 1 aliphatic carbocycles. The summed E-state index contributed by atoms with van der Waals surface area (Å²) >= 11 is 1.93. The van der Waals surface area contributed by atoms with Crippen LogP contribution in [0.15, 0.2) is 107 Å². The fourth-order valence-corrected chi connectivity index (χ4v) is 12.8. The molecule has 2 aliphatic rings. The van der Waals surface area contributed by atoms with E-state index in [4.69, 9.17) is 10.8 Å². The summed E-state index contributed by atoms with van der Waals surface area (Å²) in [6.07, 6.45) is 39.7. The van der Waals surface area contributed by atoms with Crippen LogP contribution in [0.3, 0.4) is 0 Å². The zero-order valence-electron chi connectivity index (χ0n) is 109. The van der Waals surface area contributed by atoms with E-state index >= 15 is 0 Å². The van der Waals surface area contributed by atoms with Crippen molar-refractivity contribution in [1.82, 2.24) is 4.98 Å². The van der Waals surface area contributed by atoms with Gasteiger partial charge in [-0.05, 0) is 284 Å². The summed E-state index contributed by atoms with van der Waals surface area (Å²) in [4.78, 5) is 52.8. The van der Waals surface area contributed by atoms with Crippen molar-refractivity contribution < 1.29 is 24.3 Å². The molecule has 9 nitrogen and oxygen atoms in total. The zero-order chi connectivity index (χ0) is 117. The Kier molecular flexibility index (Phi) is 137. The van der Waals surface area contributed by atoms with Gasteiger partial charge in [0.05, 0.1) is 11.9 Å². The first-order valence-corrected chi connectivity index (χ1v) is 61.0. The number of hydrogen-bond acceptors (Lipinski definition) is 8. The highest BCUT2D eigenvalue weighted by molar-refractivity contribution is 7.98. The second-order valence-electron chi connectivity index (χ2n) is 50.2. The van der Waals surface area contributed by atoms with E-state index in [-0.39, 0.29) is 17.7 Å². The number of thioether (sulfide) groups is 1. The second-order valence-corrected chi connectivity index (χ2v) is 51.2. The smallest absolute Gasteiger partial charge is 0.130 e. The third-order valence-electron chi connectivity index (χ3n) is 23.0. The lowest BCUT2D eigenvalue weighted by atomic mass is 9.95. The molecule has 1 saturated carbocycles. The van der Waals surface area contributed by atoms with Gasteiger partial charge in [-0.25, -0.2) is 0 Å². The Morgan fingerprint density at radius 2 is 0.774 bits per heavy atom. The van der Waals surface area contributed by atoms with Gasteiger partial charge in [0.1, 0.15) is 23.1 Å². The summed E-state index contributed by atoms with van der Waals surface area (Å²) in [6, 6.07) is 27.9. The predicted molar refractivity (Wildman–Crippen MR) is 677 cm³/mol. The van der Waals surface area contributed by atoms with Crippen molar-refractivity contribution in [3.05, 3.63) is 119 Å². The number of Topliss-reactive ketones (excluding diaryl/α,β-unsaturated/α-hetero) is 4. The highest BCUT2D eigenvalue weighted by atomic mass is 32.2. The van der Waals surface area contributed by atoms with Crippen molar-refractivity contribution in [3.8, 4) is 0 Å². The van der Waals surface area contributed by atoms with Gasteiger partial charge in [-0.15, -0.1) is 0 Å². The number of H-pyrrole nitrogens is 1. The molecule has 2 heterocycles. The van der Waals surface area contributed by atoms with Crippen LogP contribution in [0.2, 0.25) is 0 Å². The number of nitrogens with zero attached hydrogens (tertiary/aromatic N) is 2. The topological polar surface area (TPSA) is 155 Å². The molecule has 1 fully saturated rings. The van der Waals surface area contributed by atoms with Crippen LogP contribution in [0.1, 0.15) is 544 Å². The van der Waals surface area contributed by atoms with Crippen molar-refractivity contribution in [2.75, 3.05) is 18.6 Å². The Balaban J connectivity index is -0.000000117. The Morgan fingerprint density at radius 3 is 1.01 bits per heavy atom. The summed E-state index contributed by atoms with van der Waals surface area (Å²) in [5.41, 5.74) is 13.5. The van der Waals surface area contributed by atoms with Crippen LogP contribution in [0.4, 0.5) is 0 Å². The lowest BCUT2D eigenvalue weighted by Crippen LogP contribution is -2.07. The van der Waals surface area contributed by atoms with Gasteiger partial charge in [-0.2, -0.15) is 11.8 Å². The minimum atomic E-state index is -0.148. The number of carbonyl (C=O) groups is 4. The lowest BCUT2D eigenvalue weighted by Gasteiger charge is -2.11. The number of allylic oxidation sites excluding steroid dienone is 2. The van der Waals surface area contributed by atoms with Gasteiger partial charge in [0.15, 0.2) is 0 Å². The summed E-state index contributed by atoms with van der Waals surface area (Å²) < 4.78 is 0. The van der Waals surface area contributed by atoms with Crippen LogP contribution in [0, 0.1) is 143 Å². The number of hydrogen-bond donors (Lipinski definition) is 3. The molecule has 2 unspecified atom stereocenters. The molecule has 0 radical (unpaired) electrons. The highest BCUT2D eigenvalue weighted by Crippen LogP contribution is 2.31. The van der Waals surface area contributed by atoms with Crippen LogP contribution in [0.5, 0.6) is 0 Å². The molecule has 1 aliphatic heterocycles. The molecular weight excluding hydrogens is 1800 g/mol. The minimum absolute atomic E-state index is 0.148. The van der Waals surface area contributed by atoms with E-state index in [1.807, 2.05) is 66.4 Å². The molecule has 1 aromatic heterocycles. The van der Waals surface area contributed by atoms with Gasteiger partial charge in [-0.1, -0.05) is 487 Å². The maximum absolute atomic E-state index is 10.3. The largest absolute Gasteiger partial charge is 0.393 e. The summed E-state index contributed by atoms with van der Waals surface area (Å²) in [5, 5.41) is 10.0. The van der Waals surface area contributed by atoms with E-state index < -0.39 is 0 Å². The average molecular weight is 2070 g/mol. The molecule has 6 rings (SSSR count). The fourth-order valence-electron chi connectivity index (χ4n) is 12.1. The average Bonchev–Trinajstić information content (AvgIpc) is 1.69. The number of fused-ring (bicyclic) bond motifs is 1. The van der Waals surface area contributed by atoms with Crippen LogP contribution >= 0.6 is 11.8 Å². The van der Waals surface area contributed by atoms with Crippen LogP contribution < -0.4 is 5.73 Å². The predicted octanol–water partition coefficient (Wildman–Crippen LogP) is 43.8. The molecule has 3 aromatic carbocycles. The van der Waals surface area contributed by atoms with Crippen molar-refractivity contribution >= 4 is 57.8 Å². The minimum Gasteiger partial charge on any atom is -0.393 e. The first-order valence-electron chi connectivity index (χ1n) is 59.6. The van der Waals surface area contributed by atoms with Crippen molar-refractivity contribution in [2.24, 2.45) is 152 Å². The SMILES string of the molecule is CC(=O)CC(C)C.CC(=O)CC(C)C.CC(=O)CCC(C)C.CC(=O)CCC(C)C.CC(C)C.CC(C)C(C)C.CC(C)C(C)O.CC(C)C1CCCC1.CC(C)CC(C)C.CC(C)CC1=CCC=N1.CC(C)Cc1c[nH]c2ccccc12.CC(C)Cc1ccccc1.CC(N)=NCCCC(C)C.CCC(C)C.CCC(C)C.CCC(C)C(C)C.CCCCCC(C)C.CSCCC(C)C.Cc1ccc(CC(C)C)cc1. The summed E-state index contributed by atoms with van der Waals surface area (Å²) in [6.45, 7) is 119.